The van der Waals surface area contributed by atoms with Crippen molar-refractivity contribution in [2.45, 2.75) is 13.1 Å². The molecule has 1 aliphatic heterocycles. The topological polar surface area (TPSA) is 41.4 Å². The van der Waals surface area contributed by atoms with E-state index in [2.05, 4.69) is 14.8 Å². The zero-order chi connectivity index (χ0) is 22.8. The third kappa shape index (κ3) is 4.64. The zero-order valence-corrected chi connectivity index (χ0v) is 18.1. The number of benzene rings is 2. The van der Waals surface area contributed by atoms with Crippen molar-refractivity contribution in [3.63, 3.8) is 0 Å². The van der Waals surface area contributed by atoms with Crippen LogP contribution in [0.2, 0.25) is 0 Å². The molecule has 1 saturated heterocycles. The van der Waals surface area contributed by atoms with Crippen LogP contribution in [0.5, 0.6) is 0 Å². The molecule has 1 fully saturated rings. The Balaban J connectivity index is 1.39. The van der Waals surface area contributed by atoms with Gasteiger partial charge in [0.05, 0.1) is 12.1 Å². The lowest BCUT2D eigenvalue weighted by Gasteiger charge is -2.36. The van der Waals surface area contributed by atoms with Gasteiger partial charge in [0.1, 0.15) is 11.6 Å². The fourth-order valence-electron chi connectivity index (χ4n) is 4.41. The lowest BCUT2D eigenvalue weighted by atomic mass is 10.1. The van der Waals surface area contributed by atoms with Crippen molar-refractivity contribution in [2.24, 2.45) is 0 Å². The Kier molecular flexibility index (Phi) is 5.88. The summed E-state index contributed by atoms with van der Waals surface area (Å²) in [7, 11) is 0. The first-order valence-corrected chi connectivity index (χ1v) is 11.0. The van der Waals surface area contributed by atoms with E-state index in [9.17, 15) is 13.6 Å². The van der Waals surface area contributed by atoms with Crippen molar-refractivity contribution in [3.8, 4) is 0 Å². The van der Waals surface area contributed by atoms with Crippen LogP contribution in [0.25, 0.3) is 10.9 Å². The van der Waals surface area contributed by atoms with E-state index in [4.69, 9.17) is 0 Å². The number of fused-ring (bicyclic) bond motifs is 1. The van der Waals surface area contributed by atoms with Gasteiger partial charge in [-0.15, -0.1) is 0 Å². The number of hydrogen-bond donors (Lipinski definition) is 0. The fraction of sp³-hybridized carbons (Fsp3) is 0.231. The van der Waals surface area contributed by atoms with Gasteiger partial charge in [0.25, 0.3) is 5.56 Å². The van der Waals surface area contributed by atoms with Gasteiger partial charge in [-0.3, -0.25) is 14.7 Å². The fourth-order valence-corrected chi connectivity index (χ4v) is 4.41. The van der Waals surface area contributed by atoms with E-state index in [0.29, 0.717) is 24.2 Å². The number of anilines is 1. The van der Waals surface area contributed by atoms with Crippen LogP contribution < -0.4 is 10.5 Å². The summed E-state index contributed by atoms with van der Waals surface area (Å²) in [5, 5.41) is 0.833. The maximum atomic E-state index is 14.0. The number of piperazine rings is 1. The number of pyridine rings is 2. The molecule has 0 radical (unpaired) electrons. The average molecular weight is 447 g/mol. The van der Waals surface area contributed by atoms with Crippen molar-refractivity contribution in [1.82, 2.24) is 14.5 Å². The van der Waals surface area contributed by atoms with Crippen LogP contribution >= 0.6 is 0 Å². The Labute approximate surface area is 190 Å². The third-order valence-electron chi connectivity index (χ3n) is 6.15. The van der Waals surface area contributed by atoms with Crippen LogP contribution in [0.1, 0.15) is 11.1 Å². The lowest BCUT2D eigenvalue weighted by molar-refractivity contribution is 0.248. The summed E-state index contributed by atoms with van der Waals surface area (Å²) in [4.78, 5) is 22.0. The van der Waals surface area contributed by atoms with Gasteiger partial charge in [0.2, 0.25) is 0 Å². The highest BCUT2D eigenvalue weighted by Gasteiger charge is 2.20. The van der Waals surface area contributed by atoms with E-state index < -0.39 is 0 Å². The molecule has 0 spiro atoms. The normalized spacial score (nSPS) is 14.7. The number of halogens is 2. The van der Waals surface area contributed by atoms with E-state index in [1.54, 1.807) is 35.2 Å². The minimum Gasteiger partial charge on any atom is -0.369 e. The van der Waals surface area contributed by atoms with Gasteiger partial charge in [0, 0.05) is 56.4 Å². The van der Waals surface area contributed by atoms with E-state index >= 15 is 0 Å². The Morgan fingerprint density at radius 1 is 0.848 bits per heavy atom. The summed E-state index contributed by atoms with van der Waals surface area (Å²) >= 11 is 0. The van der Waals surface area contributed by atoms with E-state index in [1.807, 2.05) is 18.2 Å². The van der Waals surface area contributed by atoms with Crippen LogP contribution in [0.4, 0.5) is 14.5 Å². The number of hydrogen-bond acceptors (Lipinski definition) is 4. The van der Waals surface area contributed by atoms with Gasteiger partial charge in [-0.2, -0.15) is 0 Å². The van der Waals surface area contributed by atoms with Crippen molar-refractivity contribution in [2.75, 3.05) is 31.1 Å². The van der Waals surface area contributed by atoms with Crippen molar-refractivity contribution >= 4 is 16.6 Å². The van der Waals surface area contributed by atoms with Gasteiger partial charge in [-0.25, -0.2) is 8.78 Å². The van der Waals surface area contributed by atoms with Crippen LogP contribution in [0, 0.1) is 11.6 Å². The molecule has 0 bridgehead atoms. The van der Waals surface area contributed by atoms with Crippen molar-refractivity contribution in [3.05, 3.63) is 106 Å². The molecule has 7 heteroatoms. The first kappa shape index (κ1) is 21.3. The third-order valence-corrected chi connectivity index (χ3v) is 6.15. The maximum Gasteiger partial charge on any atom is 0.255 e. The molecule has 5 rings (SSSR count). The molecule has 0 aliphatic carbocycles. The summed E-state index contributed by atoms with van der Waals surface area (Å²) in [5.74, 6) is -0.609. The maximum absolute atomic E-state index is 14.0. The Bertz CT molecular complexity index is 1310. The van der Waals surface area contributed by atoms with Gasteiger partial charge in [0.15, 0.2) is 0 Å². The van der Waals surface area contributed by atoms with Crippen LogP contribution in [0.3, 0.4) is 0 Å². The molecule has 2 aromatic heterocycles. The molecule has 1 aliphatic rings. The molecule has 0 amide bonds. The molecular weight excluding hydrogens is 422 g/mol. The van der Waals surface area contributed by atoms with Gasteiger partial charge in [-0.05, 0) is 65.5 Å². The predicted molar refractivity (Wildman–Crippen MR) is 125 cm³/mol. The molecule has 0 atom stereocenters. The Morgan fingerprint density at radius 3 is 2.33 bits per heavy atom. The summed E-state index contributed by atoms with van der Waals surface area (Å²) in [6.07, 6.45) is 3.41. The Hall–Kier alpha value is -3.58. The second-order valence-electron chi connectivity index (χ2n) is 8.36. The standard InChI is InChI=1S/C26H24F2N4O/c27-22-5-7-24(8-6-22)31-12-10-30(11-13-31)18-21-14-20-3-4-23(28)15-25(20)32(26(21)33)17-19-2-1-9-29-16-19/h1-9,14-16H,10-13,17-18H2. The van der Waals surface area contributed by atoms with E-state index in [0.717, 1.165) is 42.8 Å². The average Bonchev–Trinajstić information content (AvgIpc) is 2.84. The smallest absolute Gasteiger partial charge is 0.255 e. The molecule has 4 aromatic rings. The molecule has 33 heavy (non-hydrogen) atoms. The number of rotatable bonds is 5. The minimum atomic E-state index is -0.369. The van der Waals surface area contributed by atoms with Gasteiger partial charge < -0.3 is 9.47 Å². The summed E-state index contributed by atoms with van der Waals surface area (Å²) in [5.41, 5.74) is 3.04. The van der Waals surface area contributed by atoms with Crippen LogP contribution in [0.15, 0.2) is 77.9 Å². The zero-order valence-electron chi connectivity index (χ0n) is 18.1. The molecule has 0 saturated carbocycles. The van der Waals surface area contributed by atoms with Crippen LogP contribution in [-0.2, 0) is 13.1 Å². The monoisotopic (exact) mass is 446 g/mol. The summed E-state index contributed by atoms with van der Waals surface area (Å²) in [6, 6.07) is 16.7. The predicted octanol–water partition coefficient (Wildman–Crippen LogP) is 4.05. The van der Waals surface area contributed by atoms with Gasteiger partial charge >= 0.3 is 0 Å². The van der Waals surface area contributed by atoms with Gasteiger partial charge in [-0.1, -0.05) is 6.07 Å². The SMILES string of the molecule is O=c1c(CN2CCN(c3ccc(F)cc3)CC2)cc2ccc(F)cc2n1Cc1cccnc1. The molecule has 0 unspecified atom stereocenters. The quantitative estimate of drug-likeness (QED) is 0.464. The second-order valence-corrected chi connectivity index (χ2v) is 8.36. The number of aromatic nitrogens is 2. The highest BCUT2D eigenvalue weighted by Crippen LogP contribution is 2.20. The molecule has 5 nitrogen and oxygen atoms in total. The first-order chi connectivity index (χ1) is 16.1. The highest BCUT2D eigenvalue weighted by atomic mass is 19.1. The molecule has 0 N–H and O–H groups in total. The van der Waals surface area contributed by atoms with Crippen LogP contribution in [-0.4, -0.2) is 40.6 Å². The lowest BCUT2D eigenvalue weighted by Crippen LogP contribution is -2.46. The molecule has 2 aromatic carbocycles. The minimum absolute atomic E-state index is 0.113. The second kappa shape index (κ2) is 9.11. The summed E-state index contributed by atoms with van der Waals surface area (Å²) in [6.45, 7) is 4.04. The van der Waals surface area contributed by atoms with Crippen molar-refractivity contribution < 1.29 is 8.78 Å². The van der Waals surface area contributed by atoms with Crippen molar-refractivity contribution in [1.29, 1.82) is 0 Å². The molecular formula is C26H24F2N4O. The Morgan fingerprint density at radius 2 is 1.61 bits per heavy atom. The molecule has 168 valence electrons. The van der Waals surface area contributed by atoms with E-state index in [-0.39, 0.29) is 17.2 Å². The van der Waals surface area contributed by atoms with E-state index in [1.165, 1.54) is 24.3 Å². The highest BCUT2D eigenvalue weighted by molar-refractivity contribution is 5.79. The molecule has 3 heterocycles. The number of nitrogens with zero attached hydrogens (tertiary/aromatic N) is 4. The largest absolute Gasteiger partial charge is 0.369 e. The first-order valence-electron chi connectivity index (χ1n) is 11.0. The summed E-state index contributed by atoms with van der Waals surface area (Å²) < 4.78 is 28.9.